The molecule has 102 valence electrons. The Morgan fingerprint density at radius 3 is 2.17 bits per heavy atom. The van der Waals surface area contributed by atoms with Crippen LogP contribution in [0.25, 0.3) is 0 Å². The number of hydrogen-bond donors (Lipinski definition) is 3. The summed E-state index contributed by atoms with van der Waals surface area (Å²) in [5.41, 5.74) is 5.35. The summed E-state index contributed by atoms with van der Waals surface area (Å²) in [6.45, 7) is 3.79. The summed E-state index contributed by atoms with van der Waals surface area (Å²) in [6, 6.07) is 0. The summed E-state index contributed by atoms with van der Waals surface area (Å²) in [7, 11) is 0. The van der Waals surface area contributed by atoms with Gasteiger partial charge in [-0.2, -0.15) is 0 Å². The first-order chi connectivity index (χ1) is 8.57. The Hall–Kier alpha value is -1.78. The van der Waals surface area contributed by atoms with Crippen LogP contribution in [0.1, 0.15) is 32.6 Å². The van der Waals surface area contributed by atoms with Crippen LogP contribution in [0.5, 0.6) is 0 Å². The highest BCUT2D eigenvalue weighted by molar-refractivity contribution is 5.80. The zero-order valence-corrected chi connectivity index (χ0v) is 10.9. The molecule has 5 nitrogen and oxygen atoms in total. The molecule has 1 fully saturated rings. The van der Waals surface area contributed by atoms with Crippen LogP contribution >= 0.6 is 0 Å². The Morgan fingerprint density at radius 1 is 1.22 bits per heavy atom. The van der Waals surface area contributed by atoms with Gasteiger partial charge in [0, 0.05) is 19.2 Å². The topological polar surface area (TPSA) is 90.4 Å². The number of likely N-dealkylation sites (tertiary alicyclic amines) is 1. The quantitative estimate of drug-likeness (QED) is 0.304. The fourth-order valence-corrected chi connectivity index (χ4v) is 1.56. The van der Waals surface area contributed by atoms with Gasteiger partial charge in [-0.15, -0.1) is 0 Å². The first-order valence-corrected chi connectivity index (χ1v) is 6.19. The molecule has 1 rings (SSSR count). The van der Waals surface area contributed by atoms with Gasteiger partial charge in [0.2, 0.25) is 0 Å². The summed E-state index contributed by atoms with van der Waals surface area (Å²) in [5.74, 6) is -0.676. The van der Waals surface area contributed by atoms with Gasteiger partial charge >= 0.3 is 5.97 Å². The monoisotopic (exact) mass is 253 g/mol. The Morgan fingerprint density at radius 2 is 1.78 bits per heavy atom. The maximum absolute atomic E-state index is 9.75. The molecule has 5 heteroatoms. The lowest BCUT2D eigenvalue weighted by atomic mass is 10.2. The van der Waals surface area contributed by atoms with Crippen molar-refractivity contribution in [3.63, 3.8) is 0 Å². The van der Waals surface area contributed by atoms with Gasteiger partial charge < -0.3 is 15.7 Å². The van der Waals surface area contributed by atoms with E-state index in [0.29, 0.717) is 0 Å². The van der Waals surface area contributed by atoms with Gasteiger partial charge in [-0.1, -0.05) is 31.1 Å². The number of rotatable bonds is 2. The van der Waals surface area contributed by atoms with Gasteiger partial charge in [-0.05, 0) is 19.8 Å². The van der Waals surface area contributed by atoms with Crippen LogP contribution in [0, 0.1) is 5.41 Å². The minimum Gasteiger partial charge on any atom is -0.478 e. The second-order valence-electron chi connectivity index (χ2n) is 4.01. The minimum atomic E-state index is -0.914. The van der Waals surface area contributed by atoms with Crippen molar-refractivity contribution in [1.82, 2.24) is 4.90 Å². The maximum atomic E-state index is 9.75. The molecule has 1 aliphatic heterocycles. The zero-order chi connectivity index (χ0) is 13.8. The van der Waals surface area contributed by atoms with Crippen LogP contribution in [0.2, 0.25) is 0 Å². The summed E-state index contributed by atoms with van der Waals surface area (Å²) < 4.78 is 0. The zero-order valence-electron chi connectivity index (χ0n) is 10.9. The lowest BCUT2D eigenvalue weighted by Crippen LogP contribution is -2.36. The Kier molecular flexibility index (Phi) is 9.35. The van der Waals surface area contributed by atoms with E-state index in [4.69, 9.17) is 16.2 Å². The number of guanidine groups is 1. The molecule has 0 saturated carbocycles. The minimum absolute atomic E-state index is 0.238. The highest BCUT2D eigenvalue weighted by atomic mass is 16.4. The predicted molar refractivity (Wildman–Crippen MR) is 73.5 cm³/mol. The van der Waals surface area contributed by atoms with E-state index >= 15 is 0 Å². The smallest absolute Gasteiger partial charge is 0.328 e. The molecule has 4 N–H and O–H groups in total. The first kappa shape index (κ1) is 16.2. The number of nitrogens with one attached hydrogen (secondary N) is 1. The van der Waals surface area contributed by atoms with Gasteiger partial charge in [0.15, 0.2) is 5.96 Å². The average Bonchev–Trinajstić information content (AvgIpc) is 2.58. The van der Waals surface area contributed by atoms with Crippen molar-refractivity contribution in [2.45, 2.75) is 32.6 Å². The number of nitrogens with two attached hydrogens (primary N) is 1. The van der Waals surface area contributed by atoms with E-state index in [9.17, 15) is 4.79 Å². The van der Waals surface area contributed by atoms with Crippen LogP contribution in [0.15, 0.2) is 24.3 Å². The number of carboxylic acids is 1. The third kappa shape index (κ3) is 9.45. The highest BCUT2D eigenvalue weighted by Crippen LogP contribution is 2.08. The van der Waals surface area contributed by atoms with Crippen molar-refractivity contribution in [1.29, 1.82) is 5.41 Å². The fourth-order valence-electron chi connectivity index (χ4n) is 1.56. The molecule has 0 spiro atoms. The lowest BCUT2D eigenvalue weighted by molar-refractivity contribution is -0.131. The third-order valence-corrected chi connectivity index (χ3v) is 2.49. The Bertz CT molecular complexity index is 303. The largest absolute Gasteiger partial charge is 0.478 e. The third-order valence-electron chi connectivity index (χ3n) is 2.49. The van der Waals surface area contributed by atoms with Crippen molar-refractivity contribution in [3.05, 3.63) is 24.3 Å². The standard InChI is InChI=1S/C7H15N3.C6H8O2/c8-7(9)10-5-3-1-2-4-6-10;1-2-3-4-5-6(7)8/h1-6H2,(H3,8,9);2-5H,1H3,(H,7,8). The Balaban J connectivity index is 0.000000331. The molecule has 0 unspecified atom stereocenters. The summed E-state index contributed by atoms with van der Waals surface area (Å²) in [4.78, 5) is 11.7. The van der Waals surface area contributed by atoms with Crippen LogP contribution in [-0.4, -0.2) is 35.0 Å². The van der Waals surface area contributed by atoms with Crippen LogP contribution in [-0.2, 0) is 4.79 Å². The Labute approximate surface area is 108 Å². The molecule has 0 amide bonds. The molecule has 0 aromatic heterocycles. The highest BCUT2D eigenvalue weighted by Gasteiger charge is 2.08. The van der Waals surface area contributed by atoms with E-state index in [-0.39, 0.29) is 5.96 Å². The van der Waals surface area contributed by atoms with Gasteiger partial charge in [0.05, 0.1) is 0 Å². The number of hydrogen-bond acceptors (Lipinski definition) is 2. The summed E-state index contributed by atoms with van der Waals surface area (Å²) >= 11 is 0. The van der Waals surface area contributed by atoms with E-state index in [1.165, 1.54) is 31.8 Å². The molecule has 0 atom stereocenters. The van der Waals surface area contributed by atoms with Crippen molar-refractivity contribution in [3.8, 4) is 0 Å². The second kappa shape index (κ2) is 10.4. The molecular formula is C13H23N3O2. The number of aliphatic carboxylic acids is 1. The number of carbonyl (C=O) groups is 1. The molecule has 1 aliphatic rings. The average molecular weight is 253 g/mol. The van der Waals surface area contributed by atoms with E-state index in [0.717, 1.165) is 19.2 Å². The van der Waals surface area contributed by atoms with Crippen LogP contribution in [0.4, 0.5) is 0 Å². The maximum Gasteiger partial charge on any atom is 0.328 e. The number of carboxylic acid groups (broad SMARTS) is 1. The van der Waals surface area contributed by atoms with Crippen LogP contribution in [0.3, 0.4) is 0 Å². The van der Waals surface area contributed by atoms with Gasteiger partial charge in [-0.3, -0.25) is 5.41 Å². The molecular weight excluding hydrogens is 230 g/mol. The van der Waals surface area contributed by atoms with Crippen molar-refractivity contribution >= 4 is 11.9 Å². The van der Waals surface area contributed by atoms with Gasteiger partial charge in [-0.25, -0.2) is 4.79 Å². The fraction of sp³-hybridized carbons (Fsp3) is 0.538. The summed E-state index contributed by atoms with van der Waals surface area (Å²) in [6.07, 6.45) is 11.0. The predicted octanol–water partition coefficient (Wildman–Crippen LogP) is 1.96. The van der Waals surface area contributed by atoms with Crippen molar-refractivity contribution in [2.75, 3.05) is 13.1 Å². The molecule has 0 bridgehead atoms. The van der Waals surface area contributed by atoms with Crippen molar-refractivity contribution < 1.29 is 9.90 Å². The summed E-state index contributed by atoms with van der Waals surface area (Å²) in [5, 5.41) is 15.2. The van der Waals surface area contributed by atoms with E-state index in [1.54, 1.807) is 12.2 Å². The molecule has 0 aromatic carbocycles. The molecule has 18 heavy (non-hydrogen) atoms. The molecule has 1 saturated heterocycles. The molecule has 0 radical (unpaired) electrons. The first-order valence-electron chi connectivity index (χ1n) is 6.19. The molecule has 1 heterocycles. The number of nitrogens with zero attached hydrogens (tertiary/aromatic N) is 1. The lowest BCUT2D eigenvalue weighted by Gasteiger charge is -2.19. The molecule has 0 aliphatic carbocycles. The number of allylic oxidation sites excluding steroid dienone is 3. The SMILES string of the molecule is CC=CC=CC(=O)O.N=C(N)N1CCCCCC1. The van der Waals surface area contributed by atoms with Crippen LogP contribution < -0.4 is 5.73 Å². The van der Waals surface area contributed by atoms with E-state index in [2.05, 4.69) is 0 Å². The normalized spacial score (nSPS) is 16.2. The van der Waals surface area contributed by atoms with Gasteiger partial charge in [0.25, 0.3) is 0 Å². The second-order valence-corrected chi connectivity index (χ2v) is 4.01. The van der Waals surface area contributed by atoms with Crippen molar-refractivity contribution in [2.24, 2.45) is 5.73 Å². The van der Waals surface area contributed by atoms with E-state index in [1.807, 2.05) is 11.8 Å². The van der Waals surface area contributed by atoms with E-state index < -0.39 is 5.97 Å². The van der Waals surface area contributed by atoms with Gasteiger partial charge in [0.1, 0.15) is 0 Å². The molecule has 0 aromatic rings.